The third-order valence-corrected chi connectivity index (χ3v) is 4.41. The van der Waals surface area contributed by atoms with Crippen LogP contribution in [-0.4, -0.2) is 22.1 Å². The van der Waals surface area contributed by atoms with Crippen molar-refractivity contribution < 1.29 is 19.2 Å². The van der Waals surface area contributed by atoms with Crippen LogP contribution in [0.3, 0.4) is 0 Å². The van der Waals surface area contributed by atoms with Gasteiger partial charge in [0.25, 0.3) is 0 Å². The minimum atomic E-state index is -0.971. The van der Waals surface area contributed by atoms with Gasteiger partial charge in [-0.05, 0) is 36.2 Å². The van der Waals surface area contributed by atoms with Gasteiger partial charge < -0.3 is 14.9 Å². The van der Waals surface area contributed by atoms with E-state index in [0.717, 1.165) is 21.9 Å². The number of hydrogen-bond acceptors (Lipinski definition) is 4. The lowest BCUT2D eigenvalue weighted by atomic mass is 9.99. The maximum atomic E-state index is 12.5. The van der Waals surface area contributed by atoms with Crippen molar-refractivity contribution in [2.75, 3.05) is 0 Å². The molecular formula is C20H20N2O4. The number of amides is 1. The van der Waals surface area contributed by atoms with E-state index < -0.39 is 12.0 Å². The molecule has 1 unspecified atom stereocenters. The van der Waals surface area contributed by atoms with E-state index in [1.807, 2.05) is 42.5 Å². The first-order valence-electron chi connectivity index (χ1n) is 8.35. The number of nitrogens with zero attached hydrogens (tertiary/aromatic N) is 1. The Morgan fingerprint density at radius 3 is 2.54 bits per heavy atom. The summed E-state index contributed by atoms with van der Waals surface area (Å²) >= 11 is 0. The highest BCUT2D eigenvalue weighted by atomic mass is 16.5. The zero-order valence-electron chi connectivity index (χ0n) is 14.7. The molecular weight excluding hydrogens is 332 g/mol. The first-order valence-corrected chi connectivity index (χ1v) is 8.35. The standard InChI is InChI=1S/C20H20N2O4/c1-12-17(13(2)26-22-12)10-19(23)21-18(11-20(24)25)16-8-7-14-5-3-4-6-15(14)9-16/h3-9,18H,10-11H2,1-2H3,(H,21,23)(H,24,25). The molecule has 1 aromatic heterocycles. The monoisotopic (exact) mass is 352 g/mol. The van der Waals surface area contributed by atoms with Gasteiger partial charge >= 0.3 is 5.97 Å². The number of nitrogens with one attached hydrogen (secondary N) is 1. The highest BCUT2D eigenvalue weighted by Gasteiger charge is 2.20. The third kappa shape index (κ3) is 3.91. The molecule has 2 aromatic carbocycles. The number of carboxylic acid groups (broad SMARTS) is 1. The maximum absolute atomic E-state index is 12.5. The summed E-state index contributed by atoms with van der Waals surface area (Å²) in [5, 5.41) is 18.0. The number of hydrogen-bond donors (Lipinski definition) is 2. The molecule has 0 saturated carbocycles. The minimum absolute atomic E-state index is 0.102. The number of aliphatic carboxylic acids is 1. The van der Waals surface area contributed by atoms with Crippen molar-refractivity contribution in [3.05, 3.63) is 65.0 Å². The van der Waals surface area contributed by atoms with Crippen LogP contribution in [0, 0.1) is 13.8 Å². The van der Waals surface area contributed by atoms with Crippen molar-refractivity contribution in [3.8, 4) is 0 Å². The first kappa shape index (κ1) is 17.7. The average molecular weight is 352 g/mol. The molecule has 0 aliphatic rings. The number of rotatable bonds is 6. The summed E-state index contributed by atoms with van der Waals surface area (Å²) in [6, 6.07) is 12.9. The lowest BCUT2D eigenvalue weighted by molar-refractivity contribution is -0.137. The molecule has 0 radical (unpaired) electrons. The van der Waals surface area contributed by atoms with Gasteiger partial charge in [0.15, 0.2) is 0 Å². The molecule has 6 nitrogen and oxygen atoms in total. The minimum Gasteiger partial charge on any atom is -0.481 e. The predicted octanol–water partition coefficient (Wildman–Crippen LogP) is 3.32. The van der Waals surface area contributed by atoms with Crippen molar-refractivity contribution in [2.45, 2.75) is 32.7 Å². The second kappa shape index (κ2) is 7.39. The van der Waals surface area contributed by atoms with E-state index in [9.17, 15) is 14.7 Å². The molecule has 1 atom stereocenters. The zero-order chi connectivity index (χ0) is 18.7. The molecule has 0 bridgehead atoms. The van der Waals surface area contributed by atoms with E-state index in [0.29, 0.717) is 11.5 Å². The average Bonchev–Trinajstić information content (AvgIpc) is 2.92. The fraction of sp³-hybridized carbons (Fsp3) is 0.250. The van der Waals surface area contributed by atoms with E-state index in [2.05, 4.69) is 10.5 Å². The van der Waals surface area contributed by atoms with E-state index in [1.54, 1.807) is 13.8 Å². The van der Waals surface area contributed by atoms with Gasteiger partial charge in [-0.15, -0.1) is 0 Å². The molecule has 3 rings (SSSR count). The Morgan fingerprint density at radius 1 is 1.15 bits per heavy atom. The van der Waals surface area contributed by atoms with Crippen LogP contribution in [0.4, 0.5) is 0 Å². The molecule has 26 heavy (non-hydrogen) atoms. The van der Waals surface area contributed by atoms with Crippen LogP contribution in [0.1, 0.15) is 35.0 Å². The van der Waals surface area contributed by atoms with Crippen LogP contribution in [0.5, 0.6) is 0 Å². The van der Waals surface area contributed by atoms with Crippen molar-refractivity contribution in [2.24, 2.45) is 0 Å². The molecule has 6 heteroatoms. The Kier molecular flexibility index (Phi) is 5.02. The van der Waals surface area contributed by atoms with Crippen molar-refractivity contribution >= 4 is 22.6 Å². The van der Waals surface area contributed by atoms with E-state index >= 15 is 0 Å². The number of aromatic nitrogens is 1. The number of carboxylic acids is 1. The molecule has 1 heterocycles. The molecule has 2 N–H and O–H groups in total. The largest absolute Gasteiger partial charge is 0.481 e. The van der Waals surface area contributed by atoms with E-state index in [-0.39, 0.29) is 18.7 Å². The lowest BCUT2D eigenvalue weighted by Gasteiger charge is -2.18. The van der Waals surface area contributed by atoms with Gasteiger partial charge in [0, 0.05) is 5.56 Å². The summed E-state index contributed by atoms with van der Waals surface area (Å²) in [6.07, 6.45) is -0.0868. The Balaban J connectivity index is 1.83. The van der Waals surface area contributed by atoms with Crippen molar-refractivity contribution in [1.82, 2.24) is 10.5 Å². The van der Waals surface area contributed by atoms with Gasteiger partial charge in [-0.3, -0.25) is 9.59 Å². The summed E-state index contributed by atoms with van der Waals surface area (Å²) in [5.41, 5.74) is 2.16. The Morgan fingerprint density at radius 2 is 1.88 bits per heavy atom. The third-order valence-electron chi connectivity index (χ3n) is 4.41. The zero-order valence-corrected chi connectivity index (χ0v) is 14.7. The Bertz CT molecular complexity index is 942. The normalized spacial score (nSPS) is 12.1. The number of benzene rings is 2. The molecule has 0 spiro atoms. The smallest absolute Gasteiger partial charge is 0.305 e. The second-order valence-corrected chi connectivity index (χ2v) is 6.30. The predicted molar refractivity (Wildman–Crippen MR) is 96.8 cm³/mol. The molecule has 134 valence electrons. The number of fused-ring (bicyclic) bond motifs is 1. The Hall–Kier alpha value is -3.15. The summed E-state index contributed by atoms with van der Waals surface area (Å²) in [4.78, 5) is 23.7. The van der Waals surface area contributed by atoms with Crippen LogP contribution in [0.25, 0.3) is 10.8 Å². The molecule has 0 aliphatic heterocycles. The number of carbonyl (C=O) groups excluding carboxylic acids is 1. The quantitative estimate of drug-likeness (QED) is 0.710. The van der Waals surface area contributed by atoms with Gasteiger partial charge in [-0.1, -0.05) is 41.6 Å². The van der Waals surface area contributed by atoms with E-state index in [1.165, 1.54) is 0 Å². The number of carbonyl (C=O) groups is 2. The van der Waals surface area contributed by atoms with Crippen LogP contribution in [-0.2, 0) is 16.0 Å². The lowest BCUT2D eigenvalue weighted by Crippen LogP contribution is -2.31. The summed E-state index contributed by atoms with van der Waals surface area (Å²) < 4.78 is 5.07. The van der Waals surface area contributed by atoms with Crippen molar-refractivity contribution in [3.63, 3.8) is 0 Å². The second-order valence-electron chi connectivity index (χ2n) is 6.30. The van der Waals surface area contributed by atoms with E-state index in [4.69, 9.17) is 4.52 Å². The Labute approximate surface area is 150 Å². The highest BCUT2D eigenvalue weighted by Crippen LogP contribution is 2.23. The molecule has 1 amide bonds. The van der Waals surface area contributed by atoms with Crippen molar-refractivity contribution in [1.29, 1.82) is 0 Å². The summed E-state index contributed by atoms with van der Waals surface area (Å²) in [6.45, 7) is 3.53. The van der Waals surface area contributed by atoms with Crippen LogP contribution in [0.15, 0.2) is 47.0 Å². The summed E-state index contributed by atoms with van der Waals surface area (Å²) in [5.74, 6) is -0.641. The fourth-order valence-corrected chi connectivity index (χ4v) is 3.01. The van der Waals surface area contributed by atoms with Gasteiger partial charge in [-0.2, -0.15) is 0 Å². The summed E-state index contributed by atoms with van der Waals surface area (Å²) in [7, 11) is 0. The van der Waals surface area contributed by atoms with Crippen LogP contribution < -0.4 is 5.32 Å². The number of aryl methyl sites for hydroxylation is 2. The SMILES string of the molecule is Cc1noc(C)c1CC(=O)NC(CC(=O)O)c1ccc2ccccc2c1. The van der Waals surface area contributed by atoms with Gasteiger partial charge in [0.1, 0.15) is 5.76 Å². The molecule has 0 aliphatic carbocycles. The fourth-order valence-electron chi connectivity index (χ4n) is 3.01. The van der Waals surface area contributed by atoms with Gasteiger partial charge in [-0.25, -0.2) is 0 Å². The van der Waals surface area contributed by atoms with Gasteiger partial charge in [0.05, 0.1) is 24.6 Å². The molecule has 0 saturated heterocycles. The maximum Gasteiger partial charge on any atom is 0.305 e. The van der Waals surface area contributed by atoms with Gasteiger partial charge in [0.2, 0.25) is 5.91 Å². The molecule has 0 fully saturated rings. The van der Waals surface area contributed by atoms with Crippen LogP contribution in [0.2, 0.25) is 0 Å². The topological polar surface area (TPSA) is 92.4 Å². The molecule has 3 aromatic rings. The highest BCUT2D eigenvalue weighted by molar-refractivity contribution is 5.84. The van der Waals surface area contributed by atoms with Crippen LogP contribution >= 0.6 is 0 Å². The first-order chi connectivity index (χ1) is 12.4.